The highest BCUT2D eigenvalue weighted by Gasteiger charge is 2.29. The van der Waals surface area contributed by atoms with E-state index in [0.717, 1.165) is 51.9 Å². The van der Waals surface area contributed by atoms with Gasteiger partial charge in [-0.05, 0) is 48.6 Å². The lowest BCUT2D eigenvalue weighted by atomic mass is 10.1. The van der Waals surface area contributed by atoms with Gasteiger partial charge in [0.1, 0.15) is 11.0 Å². The molecule has 0 aromatic carbocycles. The summed E-state index contributed by atoms with van der Waals surface area (Å²) in [5, 5.41) is 14.6. The SMILES string of the molecule is O=C(Nc1cncc(-c2ccc3[nH]nc(-c4nc5c(-c6ccsc6)nccc5[nH]4)c3n2)c1)C1CC1. The lowest BCUT2D eigenvalue weighted by molar-refractivity contribution is -0.117. The van der Waals surface area contributed by atoms with Crippen molar-refractivity contribution in [3.05, 3.63) is 59.7 Å². The Morgan fingerprint density at radius 1 is 1.00 bits per heavy atom. The monoisotopic (exact) mass is 478 g/mol. The van der Waals surface area contributed by atoms with Crippen LogP contribution in [-0.4, -0.2) is 41.0 Å². The van der Waals surface area contributed by atoms with Crippen LogP contribution in [0.2, 0.25) is 0 Å². The van der Waals surface area contributed by atoms with Gasteiger partial charge in [-0.1, -0.05) is 0 Å². The molecule has 0 saturated heterocycles. The van der Waals surface area contributed by atoms with Crippen molar-refractivity contribution in [1.82, 2.24) is 35.1 Å². The minimum absolute atomic E-state index is 0.0469. The van der Waals surface area contributed by atoms with Crippen LogP contribution in [0.25, 0.3) is 56.1 Å². The van der Waals surface area contributed by atoms with Crippen LogP contribution in [-0.2, 0) is 4.79 Å². The Labute approximate surface area is 202 Å². The van der Waals surface area contributed by atoms with Gasteiger partial charge in [-0.3, -0.25) is 19.9 Å². The summed E-state index contributed by atoms with van der Waals surface area (Å²) in [7, 11) is 0. The van der Waals surface area contributed by atoms with E-state index < -0.39 is 0 Å². The minimum Gasteiger partial charge on any atom is -0.336 e. The third kappa shape index (κ3) is 3.55. The number of anilines is 1. The molecule has 0 spiro atoms. The van der Waals surface area contributed by atoms with Crippen molar-refractivity contribution >= 4 is 45.0 Å². The van der Waals surface area contributed by atoms with Gasteiger partial charge >= 0.3 is 0 Å². The van der Waals surface area contributed by atoms with Gasteiger partial charge in [0.15, 0.2) is 11.5 Å². The lowest BCUT2D eigenvalue weighted by Gasteiger charge is -2.06. The van der Waals surface area contributed by atoms with E-state index in [2.05, 4.69) is 35.8 Å². The molecule has 1 fully saturated rings. The number of nitrogens with one attached hydrogen (secondary N) is 3. The zero-order valence-corrected chi connectivity index (χ0v) is 19.1. The molecule has 0 atom stereocenters. The average molecular weight is 479 g/mol. The first-order chi connectivity index (χ1) is 17.2. The number of H-pyrrole nitrogens is 2. The number of carbonyl (C=O) groups is 1. The van der Waals surface area contributed by atoms with Crippen LogP contribution in [0.5, 0.6) is 0 Å². The van der Waals surface area contributed by atoms with E-state index >= 15 is 0 Å². The summed E-state index contributed by atoms with van der Waals surface area (Å²) in [6.07, 6.45) is 7.07. The smallest absolute Gasteiger partial charge is 0.227 e. The van der Waals surface area contributed by atoms with Gasteiger partial charge in [0.25, 0.3) is 0 Å². The summed E-state index contributed by atoms with van der Waals surface area (Å²) in [5.41, 5.74) is 7.85. The average Bonchev–Trinajstić information content (AvgIpc) is 3.26. The first kappa shape index (κ1) is 20.0. The number of thiophene rings is 1. The quantitative estimate of drug-likeness (QED) is 0.319. The summed E-state index contributed by atoms with van der Waals surface area (Å²) >= 11 is 1.62. The van der Waals surface area contributed by atoms with Crippen molar-refractivity contribution in [2.45, 2.75) is 12.8 Å². The van der Waals surface area contributed by atoms with Crippen molar-refractivity contribution in [3.8, 4) is 34.0 Å². The molecule has 9 nitrogen and oxygen atoms in total. The molecule has 1 aliphatic carbocycles. The van der Waals surface area contributed by atoms with Crippen LogP contribution in [0.15, 0.2) is 59.7 Å². The maximum atomic E-state index is 12.2. The number of hydrogen-bond donors (Lipinski definition) is 3. The van der Waals surface area contributed by atoms with Gasteiger partial charge in [0.05, 0.1) is 34.3 Å². The number of rotatable bonds is 5. The van der Waals surface area contributed by atoms with Gasteiger partial charge in [-0.2, -0.15) is 16.4 Å². The van der Waals surface area contributed by atoms with Gasteiger partial charge < -0.3 is 10.3 Å². The molecule has 170 valence electrons. The fraction of sp³-hybridized carbons (Fsp3) is 0.120. The first-order valence-electron chi connectivity index (χ1n) is 11.2. The number of aromatic amines is 2. The molecule has 6 aromatic rings. The summed E-state index contributed by atoms with van der Waals surface area (Å²) in [6.45, 7) is 0. The molecule has 10 heteroatoms. The standard InChI is InChI=1S/C25H18N8OS/c34-25(13-1-2-13)28-16-9-15(10-26-11-16)17-3-4-19-22(29-17)23(33-32-19)24-30-18-5-7-27-20(21(18)31-24)14-6-8-35-12-14/h3-13H,1-2H2,(H,28,34)(H,30,31)(H,32,33). The number of imidazole rings is 1. The number of aromatic nitrogens is 7. The second-order valence-corrected chi connectivity index (χ2v) is 9.32. The Balaban J connectivity index is 1.29. The molecule has 0 bridgehead atoms. The van der Waals surface area contributed by atoms with Crippen molar-refractivity contribution in [2.75, 3.05) is 5.32 Å². The Bertz CT molecular complexity index is 1710. The van der Waals surface area contributed by atoms with Crippen LogP contribution >= 0.6 is 11.3 Å². The third-order valence-corrected chi connectivity index (χ3v) is 6.76. The maximum absolute atomic E-state index is 12.2. The number of hydrogen-bond acceptors (Lipinski definition) is 7. The van der Waals surface area contributed by atoms with Gasteiger partial charge in [0.2, 0.25) is 5.91 Å². The zero-order valence-electron chi connectivity index (χ0n) is 18.3. The summed E-state index contributed by atoms with van der Waals surface area (Å²) in [4.78, 5) is 34.1. The molecule has 7 rings (SSSR count). The van der Waals surface area contributed by atoms with Crippen molar-refractivity contribution in [1.29, 1.82) is 0 Å². The van der Waals surface area contributed by atoms with Crippen LogP contribution in [0.3, 0.4) is 0 Å². The van der Waals surface area contributed by atoms with Gasteiger partial charge in [0, 0.05) is 34.8 Å². The topological polar surface area (TPSA) is 125 Å². The molecule has 6 heterocycles. The Kier molecular flexibility index (Phi) is 4.46. The number of nitrogens with zero attached hydrogens (tertiary/aromatic N) is 5. The number of pyridine rings is 3. The van der Waals surface area contributed by atoms with E-state index in [1.165, 1.54) is 0 Å². The third-order valence-electron chi connectivity index (χ3n) is 6.08. The fourth-order valence-electron chi connectivity index (χ4n) is 4.12. The highest BCUT2D eigenvalue weighted by molar-refractivity contribution is 7.08. The summed E-state index contributed by atoms with van der Waals surface area (Å²) in [6, 6.07) is 9.67. The van der Waals surface area contributed by atoms with Crippen molar-refractivity contribution < 1.29 is 4.79 Å². The zero-order chi connectivity index (χ0) is 23.4. The molecule has 6 aromatic heterocycles. The Hall–Kier alpha value is -4.44. The summed E-state index contributed by atoms with van der Waals surface area (Å²) in [5.74, 6) is 0.788. The second-order valence-electron chi connectivity index (χ2n) is 8.54. The Morgan fingerprint density at radius 2 is 1.91 bits per heavy atom. The minimum atomic E-state index is 0.0469. The predicted molar refractivity (Wildman–Crippen MR) is 135 cm³/mol. The Morgan fingerprint density at radius 3 is 2.77 bits per heavy atom. The normalized spacial score (nSPS) is 13.5. The first-order valence-corrected chi connectivity index (χ1v) is 12.2. The van der Waals surface area contributed by atoms with E-state index in [1.807, 2.05) is 35.7 Å². The van der Waals surface area contributed by atoms with E-state index in [1.54, 1.807) is 29.9 Å². The molecule has 35 heavy (non-hydrogen) atoms. The number of carbonyl (C=O) groups excluding carboxylic acids is 1. The van der Waals surface area contributed by atoms with E-state index in [4.69, 9.17) is 9.97 Å². The van der Waals surface area contributed by atoms with Gasteiger partial charge in [-0.25, -0.2) is 9.97 Å². The molecule has 1 aliphatic rings. The fourth-order valence-corrected chi connectivity index (χ4v) is 4.76. The van der Waals surface area contributed by atoms with Gasteiger partial charge in [-0.15, -0.1) is 0 Å². The highest BCUT2D eigenvalue weighted by atomic mass is 32.1. The van der Waals surface area contributed by atoms with Crippen molar-refractivity contribution in [2.24, 2.45) is 5.92 Å². The summed E-state index contributed by atoms with van der Waals surface area (Å²) < 4.78 is 0. The van der Waals surface area contributed by atoms with Crippen LogP contribution in [0.4, 0.5) is 5.69 Å². The molecular weight excluding hydrogens is 460 g/mol. The van der Waals surface area contributed by atoms with Crippen LogP contribution < -0.4 is 5.32 Å². The van der Waals surface area contributed by atoms with E-state index in [0.29, 0.717) is 22.7 Å². The van der Waals surface area contributed by atoms with Crippen LogP contribution in [0.1, 0.15) is 12.8 Å². The molecule has 3 N–H and O–H groups in total. The maximum Gasteiger partial charge on any atom is 0.227 e. The molecule has 0 radical (unpaired) electrons. The van der Waals surface area contributed by atoms with E-state index in [-0.39, 0.29) is 11.8 Å². The molecular formula is C25H18N8OS. The van der Waals surface area contributed by atoms with E-state index in [9.17, 15) is 4.79 Å². The second kappa shape index (κ2) is 7.81. The molecule has 0 unspecified atom stereocenters. The van der Waals surface area contributed by atoms with Crippen LogP contribution in [0, 0.1) is 5.92 Å². The number of fused-ring (bicyclic) bond motifs is 2. The lowest BCUT2D eigenvalue weighted by Crippen LogP contribution is -2.13. The molecule has 0 aliphatic heterocycles. The predicted octanol–water partition coefficient (Wildman–Crippen LogP) is 5.04. The largest absolute Gasteiger partial charge is 0.336 e. The molecule has 1 saturated carbocycles. The molecule has 1 amide bonds. The highest BCUT2D eigenvalue weighted by Crippen LogP contribution is 2.32. The number of amides is 1. The van der Waals surface area contributed by atoms with Crippen molar-refractivity contribution in [3.63, 3.8) is 0 Å².